The van der Waals surface area contributed by atoms with E-state index in [1.54, 1.807) is 7.05 Å². The topological polar surface area (TPSA) is 110 Å². The molecule has 10 heteroatoms. The SMILES string of the molecule is CC(C)c1nn(C)c(NCCS(=O)(=O)N(C)C)c1[N+](=O)[O-]. The molecule has 21 heavy (non-hydrogen) atoms. The van der Waals surface area contributed by atoms with Crippen molar-refractivity contribution in [3.05, 3.63) is 15.8 Å². The number of nitrogens with zero attached hydrogens (tertiary/aromatic N) is 4. The van der Waals surface area contributed by atoms with E-state index >= 15 is 0 Å². The van der Waals surface area contributed by atoms with Gasteiger partial charge in [0.05, 0.1) is 10.7 Å². The number of sulfonamides is 1. The fourth-order valence-corrected chi connectivity index (χ4v) is 2.51. The maximum absolute atomic E-state index is 11.7. The second-order valence-corrected chi connectivity index (χ2v) is 7.45. The van der Waals surface area contributed by atoms with Gasteiger partial charge >= 0.3 is 5.69 Å². The quantitative estimate of drug-likeness (QED) is 0.586. The van der Waals surface area contributed by atoms with Crippen LogP contribution in [0.4, 0.5) is 11.5 Å². The lowest BCUT2D eigenvalue weighted by atomic mass is 10.1. The second kappa shape index (κ2) is 6.39. The molecule has 0 atom stereocenters. The van der Waals surface area contributed by atoms with Crippen molar-refractivity contribution in [3.63, 3.8) is 0 Å². The predicted molar refractivity (Wildman–Crippen MR) is 79.9 cm³/mol. The van der Waals surface area contributed by atoms with Crippen molar-refractivity contribution >= 4 is 21.5 Å². The van der Waals surface area contributed by atoms with Gasteiger partial charge in [0.2, 0.25) is 15.8 Å². The molecular weight excluding hydrogens is 298 g/mol. The lowest BCUT2D eigenvalue weighted by Crippen LogP contribution is -2.28. The van der Waals surface area contributed by atoms with Gasteiger partial charge in [-0.15, -0.1) is 0 Å². The van der Waals surface area contributed by atoms with Crippen LogP contribution in [0.25, 0.3) is 0 Å². The number of aromatic nitrogens is 2. The molecule has 0 fully saturated rings. The minimum atomic E-state index is -3.35. The maximum Gasteiger partial charge on any atom is 0.334 e. The van der Waals surface area contributed by atoms with Crippen molar-refractivity contribution in [1.29, 1.82) is 0 Å². The third-order valence-electron chi connectivity index (χ3n) is 2.99. The molecule has 0 saturated carbocycles. The van der Waals surface area contributed by atoms with Gasteiger partial charge in [0.15, 0.2) is 0 Å². The highest BCUT2D eigenvalue weighted by Gasteiger charge is 2.28. The van der Waals surface area contributed by atoms with E-state index in [1.165, 1.54) is 18.8 Å². The standard InChI is InChI=1S/C11H21N5O4S/c1-8(2)9-10(16(17)18)11(15(5)13-9)12-6-7-21(19,20)14(3)4/h8,12H,6-7H2,1-5H3. The molecule has 0 spiro atoms. The fraction of sp³-hybridized carbons (Fsp3) is 0.727. The van der Waals surface area contributed by atoms with Crippen LogP contribution in [-0.4, -0.2) is 53.8 Å². The summed E-state index contributed by atoms with van der Waals surface area (Å²) in [6.45, 7) is 3.70. The molecule has 0 aliphatic carbocycles. The van der Waals surface area contributed by atoms with Crippen LogP contribution in [-0.2, 0) is 17.1 Å². The Labute approximate surface area is 124 Å². The fourth-order valence-electron chi connectivity index (χ4n) is 1.78. The Kier molecular flexibility index (Phi) is 5.29. The van der Waals surface area contributed by atoms with Crippen molar-refractivity contribution in [2.24, 2.45) is 7.05 Å². The van der Waals surface area contributed by atoms with Gasteiger partial charge in [0.25, 0.3) is 0 Å². The number of aryl methyl sites for hydroxylation is 1. The van der Waals surface area contributed by atoms with E-state index in [2.05, 4.69) is 10.4 Å². The van der Waals surface area contributed by atoms with Crippen LogP contribution in [0.1, 0.15) is 25.5 Å². The molecule has 0 radical (unpaired) electrons. The van der Waals surface area contributed by atoms with Crippen LogP contribution in [0.15, 0.2) is 0 Å². The van der Waals surface area contributed by atoms with Crippen LogP contribution >= 0.6 is 0 Å². The van der Waals surface area contributed by atoms with Gasteiger partial charge in [0.1, 0.15) is 5.69 Å². The lowest BCUT2D eigenvalue weighted by Gasteiger charge is -2.11. The first-order valence-electron chi connectivity index (χ1n) is 6.43. The summed E-state index contributed by atoms with van der Waals surface area (Å²) in [5.41, 5.74) is 0.273. The molecule has 9 nitrogen and oxygen atoms in total. The highest BCUT2D eigenvalue weighted by atomic mass is 32.2. The van der Waals surface area contributed by atoms with Crippen molar-refractivity contribution in [2.45, 2.75) is 19.8 Å². The molecule has 0 aromatic carbocycles. The molecule has 1 aromatic rings. The number of hydrogen-bond acceptors (Lipinski definition) is 6. The van der Waals surface area contributed by atoms with E-state index < -0.39 is 14.9 Å². The maximum atomic E-state index is 11.7. The summed E-state index contributed by atoms with van der Waals surface area (Å²) >= 11 is 0. The zero-order valence-corrected chi connectivity index (χ0v) is 13.6. The monoisotopic (exact) mass is 319 g/mol. The third kappa shape index (κ3) is 3.91. The number of nitro groups is 1. The van der Waals surface area contributed by atoms with Gasteiger partial charge in [-0.2, -0.15) is 5.10 Å². The number of nitrogens with one attached hydrogen (secondary N) is 1. The Morgan fingerprint density at radius 3 is 2.43 bits per heavy atom. The summed E-state index contributed by atoms with van der Waals surface area (Å²) in [5.74, 6) is -0.0328. The summed E-state index contributed by atoms with van der Waals surface area (Å²) in [6, 6.07) is 0. The minimum Gasteiger partial charge on any atom is -0.363 e. The van der Waals surface area contributed by atoms with Crippen LogP contribution in [0.2, 0.25) is 0 Å². The normalized spacial score (nSPS) is 12.1. The Morgan fingerprint density at radius 2 is 2.00 bits per heavy atom. The van der Waals surface area contributed by atoms with Crippen molar-refractivity contribution in [1.82, 2.24) is 14.1 Å². The summed E-state index contributed by atoms with van der Waals surface area (Å²) in [7, 11) is 1.12. The van der Waals surface area contributed by atoms with Gasteiger partial charge in [-0.05, 0) is 0 Å². The summed E-state index contributed by atoms with van der Waals surface area (Å²) in [5, 5.41) is 18.2. The molecule has 0 bridgehead atoms. The van der Waals surface area contributed by atoms with Crippen molar-refractivity contribution < 1.29 is 13.3 Å². The first-order valence-corrected chi connectivity index (χ1v) is 8.04. The zero-order chi connectivity index (χ0) is 16.4. The summed E-state index contributed by atoms with van der Waals surface area (Å²) in [4.78, 5) is 10.7. The van der Waals surface area contributed by atoms with E-state index in [0.29, 0.717) is 5.69 Å². The van der Waals surface area contributed by atoms with Gasteiger partial charge in [0, 0.05) is 33.6 Å². The van der Waals surface area contributed by atoms with Crippen molar-refractivity contribution in [3.8, 4) is 0 Å². The van der Waals surface area contributed by atoms with Crippen LogP contribution < -0.4 is 5.32 Å². The highest BCUT2D eigenvalue weighted by Crippen LogP contribution is 2.32. The van der Waals surface area contributed by atoms with Crippen molar-refractivity contribution in [2.75, 3.05) is 31.7 Å². The van der Waals surface area contributed by atoms with Gasteiger partial charge in [-0.1, -0.05) is 13.8 Å². The molecule has 0 aliphatic rings. The van der Waals surface area contributed by atoms with E-state index in [4.69, 9.17) is 0 Å². The Hall–Kier alpha value is -1.68. The Morgan fingerprint density at radius 1 is 1.43 bits per heavy atom. The first-order chi connectivity index (χ1) is 9.58. The number of hydrogen-bond donors (Lipinski definition) is 1. The van der Waals surface area contributed by atoms with E-state index in [9.17, 15) is 18.5 Å². The molecule has 1 N–H and O–H groups in total. The van der Waals surface area contributed by atoms with Crippen LogP contribution in [0, 0.1) is 10.1 Å². The van der Waals surface area contributed by atoms with E-state index in [0.717, 1.165) is 4.31 Å². The average molecular weight is 319 g/mol. The summed E-state index contributed by atoms with van der Waals surface area (Å²) in [6.07, 6.45) is 0. The van der Waals surface area contributed by atoms with E-state index in [-0.39, 0.29) is 29.7 Å². The zero-order valence-electron chi connectivity index (χ0n) is 12.8. The van der Waals surface area contributed by atoms with E-state index in [1.807, 2.05) is 13.8 Å². The minimum absolute atomic E-state index is 0.0679. The average Bonchev–Trinajstić information content (AvgIpc) is 2.66. The van der Waals surface area contributed by atoms with Crippen LogP contribution in [0.3, 0.4) is 0 Å². The first kappa shape index (κ1) is 17.4. The lowest BCUT2D eigenvalue weighted by molar-refractivity contribution is -0.384. The Bertz CT molecular complexity index is 621. The molecule has 0 saturated heterocycles. The Balaban J connectivity index is 2.97. The predicted octanol–water partition coefficient (Wildman–Crippen LogP) is 0.755. The molecule has 120 valence electrons. The highest BCUT2D eigenvalue weighted by molar-refractivity contribution is 7.89. The molecule has 1 rings (SSSR count). The second-order valence-electron chi connectivity index (χ2n) is 5.14. The van der Waals surface area contributed by atoms with Gasteiger partial charge in [-0.3, -0.25) is 10.1 Å². The molecular formula is C11H21N5O4S. The van der Waals surface area contributed by atoms with Gasteiger partial charge in [-0.25, -0.2) is 17.4 Å². The molecule has 0 amide bonds. The van der Waals surface area contributed by atoms with Crippen LogP contribution in [0.5, 0.6) is 0 Å². The smallest absolute Gasteiger partial charge is 0.334 e. The number of rotatable bonds is 7. The van der Waals surface area contributed by atoms with Gasteiger partial charge < -0.3 is 5.32 Å². The summed E-state index contributed by atoms with van der Waals surface area (Å²) < 4.78 is 25.8. The molecule has 0 unspecified atom stereocenters. The molecule has 0 aliphatic heterocycles. The molecule has 1 heterocycles. The third-order valence-corrected chi connectivity index (χ3v) is 4.82. The number of anilines is 1. The molecule has 1 aromatic heterocycles. The largest absolute Gasteiger partial charge is 0.363 e.